The van der Waals surface area contributed by atoms with E-state index in [2.05, 4.69) is 55.8 Å². The molecule has 0 aliphatic heterocycles. The summed E-state index contributed by atoms with van der Waals surface area (Å²) in [5.41, 5.74) is 0. The predicted molar refractivity (Wildman–Crippen MR) is 73.5 cm³/mol. The van der Waals surface area contributed by atoms with Crippen LogP contribution in [0, 0.1) is 5.92 Å². The van der Waals surface area contributed by atoms with Gasteiger partial charge in [-0.2, -0.15) is 0 Å². The van der Waals surface area contributed by atoms with Gasteiger partial charge < -0.3 is 9.22 Å². The van der Waals surface area contributed by atoms with Gasteiger partial charge in [-0.25, -0.2) is 0 Å². The second-order valence-electron chi connectivity index (χ2n) is 6.03. The van der Waals surface area contributed by atoms with Crippen molar-refractivity contribution in [2.24, 2.45) is 5.92 Å². The molecule has 1 unspecified atom stereocenters. The summed E-state index contributed by atoms with van der Waals surface area (Å²) < 4.78 is 6.56. The lowest BCUT2D eigenvalue weighted by atomic mass is 10.3. The normalized spacial score (nSPS) is 13.3. The molecule has 0 N–H and O–H groups in total. The minimum atomic E-state index is 0.307. The van der Waals surface area contributed by atoms with Gasteiger partial charge in [-0.15, -0.1) is 0 Å². The van der Waals surface area contributed by atoms with Crippen molar-refractivity contribution in [1.29, 1.82) is 0 Å². The van der Waals surface area contributed by atoms with Gasteiger partial charge in [0.25, 0.3) is 0 Å². The fraction of sp³-hybridized carbons (Fsp3) is 1.00. The molecular formula is C14H34NO+. The first kappa shape index (κ1) is 18.3. The lowest BCUT2D eigenvalue weighted by molar-refractivity contribution is -0.917. The highest BCUT2D eigenvalue weighted by molar-refractivity contribution is 4.37. The van der Waals surface area contributed by atoms with Crippen molar-refractivity contribution in [1.82, 2.24) is 0 Å². The van der Waals surface area contributed by atoms with Crippen molar-refractivity contribution in [3.05, 3.63) is 0 Å². The summed E-state index contributed by atoms with van der Waals surface area (Å²) in [6.45, 7) is 11.7. The van der Waals surface area contributed by atoms with E-state index >= 15 is 0 Å². The maximum atomic E-state index is 5.68. The molecule has 0 radical (unpaired) electrons. The Labute approximate surface area is 104 Å². The zero-order valence-electron chi connectivity index (χ0n) is 12.8. The summed E-state index contributed by atoms with van der Waals surface area (Å²) in [4.78, 5) is 0. The van der Waals surface area contributed by atoms with Crippen molar-refractivity contribution in [3.63, 3.8) is 0 Å². The average Bonchev–Trinajstić information content (AvgIpc) is 2.09. The Hall–Kier alpha value is -0.0800. The maximum Gasteiger partial charge on any atom is 0.189 e. The Morgan fingerprint density at radius 2 is 1.38 bits per heavy atom. The number of ether oxygens (including phenoxy) is 1. The number of rotatable bonds is 6. The summed E-state index contributed by atoms with van der Waals surface area (Å²) in [5, 5.41) is 0. The van der Waals surface area contributed by atoms with Crippen LogP contribution in [0.4, 0.5) is 0 Å². The Morgan fingerprint density at radius 3 is 1.69 bits per heavy atom. The third-order valence-corrected chi connectivity index (χ3v) is 2.20. The van der Waals surface area contributed by atoms with E-state index in [4.69, 9.17) is 4.74 Å². The second kappa shape index (κ2) is 10.1. The molecule has 0 aliphatic carbocycles. The molecule has 0 bridgehead atoms. The number of hydrogen-bond donors (Lipinski definition) is 0. The van der Waals surface area contributed by atoms with Gasteiger partial charge in [-0.3, -0.25) is 0 Å². The molecular weight excluding hydrogens is 198 g/mol. The van der Waals surface area contributed by atoms with Crippen molar-refractivity contribution in [2.45, 2.75) is 60.1 Å². The SMILES string of the molecule is CC(C)C.CCCCCOC(C)[N+](C)(C)C. The topological polar surface area (TPSA) is 9.23 Å². The van der Waals surface area contributed by atoms with Crippen molar-refractivity contribution < 1.29 is 9.22 Å². The summed E-state index contributed by atoms with van der Waals surface area (Å²) >= 11 is 0. The zero-order valence-corrected chi connectivity index (χ0v) is 12.8. The molecule has 0 heterocycles. The molecule has 0 amide bonds. The molecule has 0 saturated heterocycles. The van der Waals surface area contributed by atoms with Gasteiger partial charge in [-0.05, 0) is 12.3 Å². The van der Waals surface area contributed by atoms with Crippen LogP contribution in [0.5, 0.6) is 0 Å². The molecule has 0 aromatic carbocycles. The summed E-state index contributed by atoms with van der Waals surface area (Å²) in [6, 6.07) is 0. The van der Waals surface area contributed by atoms with Crippen LogP contribution in [0.2, 0.25) is 0 Å². The Morgan fingerprint density at radius 1 is 0.938 bits per heavy atom. The van der Waals surface area contributed by atoms with Crippen molar-refractivity contribution in [2.75, 3.05) is 27.7 Å². The number of hydrogen-bond acceptors (Lipinski definition) is 1. The third-order valence-electron chi connectivity index (χ3n) is 2.20. The molecule has 0 aromatic heterocycles. The molecule has 0 aromatic rings. The van der Waals surface area contributed by atoms with Crippen molar-refractivity contribution >= 4 is 0 Å². The molecule has 0 rings (SSSR count). The maximum absolute atomic E-state index is 5.68. The van der Waals surface area contributed by atoms with E-state index in [1.807, 2.05) is 0 Å². The van der Waals surface area contributed by atoms with Crippen molar-refractivity contribution in [3.8, 4) is 0 Å². The number of quaternary nitrogens is 1. The molecule has 0 saturated carbocycles. The van der Waals surface area contributed by atoms with E-state index in [0.29, 0.717) is 6.23 Å². The monoisotopic (exact) mass is 232 g/mol. The Bertz CT molecular complexity index is 135. The van der Waals surface area contributed by atoms with Crippen LogP contribution in [0.1, 0.15) is 53.9 Å². The first-order chi connectivity index (χ1) is 7.21. The van der Waals surface area contributed by atoms with Gasteiger partial charge in [0.1, 0.15) is 0 Å². The smallest absolute Gasteiger partial charge is 0.189 e. The predicted octanol–water partition coefficient (Wildman–Crippen LogP) is 3.91. The molecule has 2 nitrogen and oxygen atoms in total. The molecule has 0 fully saturated rings. The molecule has 100 valence electrons. The van der Waals surface area contributed by atoms with E-state index in [9.17, 15) is 0 Å². The fourth-order valence-electron chi connectivity index (χ4n) is 0.830. The van der Waals surface area contributed by atoms with Crippen LogP contribution < -0.4 is 0 Å². The number of unbranched alkanes of at least 4 members (excludes halogenated alkanes) is 2. The highest BCUT2D eigenvalue weighted by atomic mass is 16.5. The molecule has 16 heavy (non-hydrogen) atoms. The largest absolute Gasteiger partial charge is 0.329 e. The Kier molecular flexibility index (Phi) is 11.5. The first-order valence-corrected chi connectivity index (χ1v) is 6.64. The summed E-state index contributed by atoms with van der Waals surface area (Å²) in [6.07, 6.45) is 4.05. The number of nitrogens with zero attached hydrogens (tertiary/aromatic N) is 1. The van der Waals surface area contributed by atoms with Gasteiger partial charge in [0.15, 0.2) is 6.23 Å². The van der Waals surface area contributed by atoms with Crippen LogP contribution in [-0.4, -0.2) is 38.5 Å². The van der Waals surface area contributed by atoms with Gasteiger partial charge in [0.2, 0.25) is 0 Å². The minimum absolute atomic E-state index is 0.307. The van der Waals surface area contributed by atoms with E-state index in [0.717, 1.165) is 17.0 Å². The lowest BCUT2D eigenvalue weighted by Crippen LogP contribution is -2.44. The van der Waals surface area contributed by atoms with Crippen LogP contribution in [0.25, 0.3) is 0 Å². The second-order valence-corrected chi connectivity index (χ2v) is 6.03. The van der Waals surface area contributed by atoms with E-state index in [-0.39, 0.29) is 0 Å². The van der Waals surface area contributed by atoms with E-state index in [1.165, 1.54) is 19.3 Å². The van der Waals surface area contributed by atoms with E-state index < -0.39 is 0 Å². The standard InChI is InChI=1S/C10H24NO.C4H10/c1-6-7-8-9-12-10(2)11(3,4)5;1-4(2)3/h10H,6-9H2,1-5H3;4H,1-3H3/q+1;. The zero-order chi connectivity index (χ0) is 13.2. The van der Waals surface area contributed by atoms with Crippen LogP contribution in [-0.2, 0) is 4.74 Å². The van der Waals surface area contributed by atoms with Gasteiger partial charge in [-0.1, -0.05) is 40.5 Å². The quantitative estimate of drug-likeness (QED) is 0.383. The van der Waals surface area contributed by atoms with Crippen LogP contribution in [0.3, 0.4) is 0 Å². The molecule has 1 atom stereocenters. The van der Waals surface area contributed by atoms with Crippen LogP contribution in [0.15, 0.2) is 0 Å². The van der Waals surface area contributed by atoms with Gasteiger partial charge in [0.05, 0.1) is 27.7 Å². The molecule has 2 heteroatoms. The van der Waals surface area contributed by atoms with Gasteiger partial charge in [0, 0.05) is 6.92 Å². The van der Waals surface area contributed by atoms with E-state index in [1.54, 1.807) is 0 Å². The highest BCUT2D eigenvalue weighted by Gasteiger charge is 2.17. The fourth-order valence-corrected chi connectivity index (χ4v) is 0.830. The molecule has 0 spiro atoms. The van der Waals surface area contributed by atoms with Crippen LogP contribution >= 0.6 is 0 Å². The Balaban J connectivity index is 0. The average molecular weight is 232 g/mol. The first-order valence-electron chi connectivity index (χ1n) is 6.64. The highest BCUT2D eigenvalue weighted by Crippen LogP contribution is 2.05. The van der Waals surface area contributed by atoms with Gasteiger partial charge >= 0.3 is 0 Å². The molecule has 0 aliphatic rings. The summed E-state index contributed by atoms with van der Waals surface area (Å²) in [5.74, 6) is 0.833. The third kappa shape index (κ3) is 16.4. The minimum Gasteiger partial charge on any atom is -0.329 e. The summed E-state index contributed by atoms with van der Waals surface area (Å²) in [7, 11) is 6.47. The lowest BCUT2D eigenvalue weighted by Gasteiger charge is -2.31.